The first-order valence-electron chi connectivity index (χ1n) is 5.90. The molecule has 0 saturated carbocycles. The van der Waals surface area contributed by atoms with Crippen LogP contribution in [0.5, 0.6) is 0 Å². The van der Waals surface area contributed by atoms with Crippen molar-refractivity contribution in [3.63, 3.8) is 0 Å². The van der Waals surface area contributed by atoms with Crippen molar-refractivity contribution in [2.75, 3.05) is 19.6 Å². The lowest BCUT2D eigenvalue weighted by Gasteiger charge is -2.29. The summed E-state index contributed by atoms with van der Waals surface area (Å²) in [6.45, 7) is 12.6. The SMILES string of the molecule is C[C@H]1CNC[C@]1(C)CNC(=O)OC(C)(C)C. The van der Waals surface area contributed by atoms with Gasteiger partial charge in [0.15, 0.2) is 0 Å². The summed E-state index contributed by atoms with van der Waals surface area (Å²) in [5, 5.41) is 6.19. The fourth-order valence-electron chi connectivity index (χ4n) is 1.82. The Bertz CT molecular complexity index is 260. The van der Waals surface area contributed by atoms with Gasteiger partial charge in [0.1, 0.15) is 5.60 Å². The molecule has 0 bridgehead atoms. The van der Waals surface area contributed by atoms with E-state index in [1.54, 1.807) is 0 Å². The first-order valence-corrected chi connectivity index (χ1v) is 5.90. The molecule has 16 heavy (non-hydrogen) atoms. The first-order chi connectivity index (χ1) is 7.23. The van der Waals surface area contributed by atoms with Gasteiger partial charge in [-0.15, -0.1) is 0 Å². The van der Waals surface area contributed by atoms with E-state index >= 15 is 0 Å². The second-order valence-corrected chi connectivity index (χ2v) is 6.04. The Morgan fingerprint density at radius 3 is 2.62 bits per heavy atom. The normalized spacial score (nSPS) is 30.2. The van der Waals surface area contributed by atoms with Crippen LogP contribution >= 0.6 is 0 Å². The van der Waals surface area contributed by atoms with Gasteiger partial charge in [-0.2, -0.15) is 0 Å². The van der Waals surface area contributed by atoms with Gasteiger partial charge in [-0.05, 0) is 33.2 Å². The molecule has 1 saturated heterocycles. The fourth-order valence-corrected chi connectivity index (χ4v) is 1.82. The zero-order valence-electron chi connectivity index (χ0n) is 11.0. The molecule has 0 radical (unpaired) electrons. The van der Waals surface area contributed by atoms with Crippen molar-refractivity contribution in [2.45, 2.75) is 40.2 Å². The number of hydrogen-bond acceptors (Lipinski definition) is 3. The van der Waals surface area contributed by atoms with E-state index in [0.717, 1.165) is 13.1 Å². The summed E-state index contributed by atoms with van der Waals surface area (Å²) in [5.41, 5.74) is -0.290. The van der Waals surface area contributed by atoms with E-state index in [1.165, 1.54) is 0 Å². The maximum Gasteiger partial charge on any atom is 0.407 e. The Kier molecular flexibility index (Phi) is 3.84. The lowest BCUT2D eigenvalue weighted by atomic mass is 9.81. The zero-order valence-corrected chi connectivity index (χ0v) is 11.0. The number of rotatable bonds is 2. The fraction of sp³-hybridized carbons (Fsp3) is 0.917. The summed E-state index contributed by atoms with van der Waals surface area (Å²) in [6, 6.07) is 0. The molecule has 0 aromatic rings. The van der Waals surface area contributed by atoms with Gasteiger partial charge in [0.25, 0.3) is 0 Å². The summed E-state index contributed by atoms with van der Waals surface area (Å²) >= 11 is 0. The highest BCUT2D eigenvalue weighted by Crippen LogP contribution is 2.29. The summed E-state index contributed by atoms with van der Waals surface area (Å²) < 4.78 is 5.21. The minimum Gasteiger partial charge on any atom is -0.444 e. The summed E-state index contributed by atoms with van der Waals surface area (Å²) in [7, 11) is 0. The van der Waals surface area contributed by atoms with Crippen molar-refractivity contribution < 1.29 is 9.53 Å². The molecule has 0 unspecified atom stereocenters. The molecule has 2 N–H and O–H groups in total. The van der Waals surface area contributed by atoms with E-state index < -0.39 is 5.60 Å². The number of nitrogens with one attached hydrogen (secondary N) is 2. The summed E-state index contributed by atoms with van der Waals surface area (Å²) in [6.07, 6.45) is -0.326. The van der Waals surface area contributed by atoms with Gasteiger partial charge in [0.05, 0.1) is 0 Å². The smallest absolute Gasteiger partial charge is 0.407 e. The van der Waals surface area contributed by atoms with Gasteiger partial charge in [-0.3, -0.25) is 0 Å². The molecule has 1 heterocycles. The number of ether oxygens (including phenoxy) is 1. The van der Waals surface area contributed by atoms with Crippen molar-refractivity contribution in [2.24, 2.45) is 11.3 Å². The third-order valence-electron chi connectivity index (χ3n) is 3.20. The highest BCUT2D eigenvalue weighted by molar-refractivity contribution is 5.67. The Morgan fingerprint density at radius 2 is 2.19 bits per heavy atom. The van der Waals surface area contributed by atoms with Crippen molar-refractivity contribution >= 4 is 6.09 Å². The first kappa shape index (κ1) is 13.3. The van der Waals surface area contributed by atoms with Crippen molar-refractivity contribution in [1.82, 2.24) is 10.6 Å². The molecule has 4 nitrogen and oxygen atoms in total. The molecule has 0 aromatic carbocycles. The van der Waals surface area contributed by atoms with E-state index in [9.17, 15) is 4.79 Å². The molecule has 1 aliphatic rings. The van der Waals surface area contributed by atoms with E-state index in [2.05, 4.69) is 24.5 Å². The van der Waals surface area contributed by atoms with Crippen LogP contribution in [0.15, 0.2) is 0 Å². The van der Waals surface area contributed by atoms with Gasteiger partial charge in [-0.25, -0.2) is 4.79 Å². The second kappa shape index (κ2) is 4.62. The summed E-state index contributed by atoms with van der Waals surface area (Å²) in [5.74, 6) is 0.572. The van der Waals surface area contributed by atoms with Crippen molar-refractivity contribution in [3.8, 4) is 0 Å². The minimum atomic E-state index is -0.426. The van der Waals surface area contributed by atoms with E-state index in [1.807, 2.05) is 20.8 Å². The van der Waals surface area contributed by atoms with Crippen LogP contribution < -0.4 is 10.6 Å². The molecule has 1 rings (SSSR count). The molecule has 0 aromatic heterocycles. The highest BCUT2D eigenvalue weighted by atomic mass is 16.6. The number of carbonyl (C=O) groups is 1. The predicted molar refractivity (Wildman–Crippen MR) is 64.4 cm³/mol. The van der Waals surface area contributed by atoms with Crippen LogP contribution in [0.2, 0.25) is 0 Å². The standard InChI is InChI=1S/C12H24N2O2/c1-9-6-13-7-12(9,5)8-14-10(15)16-11(2,3)4/h9,13H,6-8H2,1-5H3,(H,14,15)/t9-,12+/m0/s1. The maximum atomic E-state index is 11.5. The van der Waals surface area contributed by atoms with Crippen LogP contribution in [0.3, 0.4) is 0 Å². The number of amides is 1. The second-order valence-electron chi connectivity index (χ2n) is 6.04. The molecular formula is C12H24N2O2. The van der Waals surface area contributed by atoms with Crippen LogP contribution in [-0.2, 0) is 4.74 Å². The molecular weight excluding hydrogens is 204 g/mol. The highest BCUT2D eigenvalue weighted by Gasteiger charge is 2.36. The third-order valence-corrected chi connectivity index (χ3v) is 3.20. The van der Waals surface area contributed by atoms with Crippen LogP contribution in [0.1, 0.15) is 34.6 Å². The van der Waals surface area contributed by atoms with Gasteiger partial charge in [0, 0.05) is 18.5 Å². The van der Waals surface area contributed by atoms with Crippen LogP contribution in [0, 0.1) is 11.3 Å². The van der Waals surface area contributed by atoms with Crippen molar-refractivity contribution in [1.29, 1.82) is 0 Å². The lowest BCUT2D eigenvalue weighted by molar-refractivity contribution is 0.0498. The lowest BCUT2D eigenvalue weighted by Crippen LogP contribution is -2.42. The van der Waals surface area contributed by atoms with Gasteiger partial charge in [-0.1, -0.05) is 13.8 Å². The quantitative estimate of drug-likeness (QED) is 0.757. The molecule has 0 aliphatic carbocycles. The maximum absolute atomic E-state index is 11.5. The number of carbonyl (C=O) groups excluding carboxylic acids is 1. The molecule has 1 amide bonds. The summed E-state index contributed by atoms with van der Waals surface area (Å²) in [4.78, 5) is 11.5. The molecule has 1 fully saturated rings. The van der Waals surface area contributed by atoms with Crippen LogP contribution in [0.25, 0.3) is 0 Å². The average molecular weight is 228 g/mol. The molecule has 1 aliphatic heterocycles. The van der Waals surface area contributed by atoms with Crippen LogP contribution in [0.4, 0.5) is 4.79 Å². The predicted octanol–water partition coefficient (Wildman–Crippen LogP) is 1.76. The Balaban J connectivity index is 2.37. The molecule has 0 spiro atoms. The largest absolute Gasteiger partial charge is 0.444 e. The van der Waals surface area contributed by atoms with Gasteiger partial charge >= 0.3 is 6.09 Å². The molecule has 4 heteroatoms. The van der Waals surface area contributed by atoms with Crippen molar-refractivity contribution in [3.05, 3.63) is 0 Å². The topological polar surface area (TPSA) is 50.4 Å². The Morgan fingerprint density at radius 1 is 1.56 bits per heavy atom. The Labute approximate surface area is 98.1 Å². The van der Waals surface area contributed by atoms with E-state index in [0.29, 0.717) is 12.5 Å². The molecule has 94 valence electrons. The third kappa shape index (κ3) is 3.67. The Hall–Kier alpha value is -0.770. The average Bonchev–Trinajstić information content (AvgIpc) is 2.42. The van der Waals surface area contributed by atoms with E-state index in [-0.39, 0.29) is 11.5 Å². The number of hydrogen-bond donors (Lipinski definition) is 2. The van der Waals surface area contributed by atoms with Crippen LogP contribution in [-0.4, -0.2) is 31.3 Å². The monoisotopic (exact) mass is 228 g/mol. The van der Waals surface area contributed by atoms with Gasteiger partial charge in [0.2, 0.25) is 0 Å². The van der Waals surface area contributed by atoms with Gasteiger partial charge < -0.3 is 15.4 Å². The zero-order chi connectivity index (χ0) is 12.4. The minimum absolute atomic E-state index is 0.136. The number of alkyl carbamates (subject to hydrolysis) is 1. The van der Waals surface area contributed by atoms with E-state index in [4.69, 9.17) is 4.74 Å². The molecule has 2 atom stereocenters.